The summed E-state index contributed by atoms with van der Waals surface area (Å²) in [6, 6.07) is 63.8. The number of halogens is 2. The molecular formula is C52H30Br2. The molecule has 0 unspecified atom stereocenters. The summed E-state index contributed by atoms with van der Waals surface area (Å²) in [4.78, 5) is 0. The molecule has 252 valence electrons. The van der Waals surface area contributed by atoms with Crippen molar-refractivity contribution in [2.24, 2.45) is 0 Å². The van der Waals surface area contributed by atoms with Gasteiger partial charge in [0.2, 0.25) is 0 Å². The normalized spacial score (nSPS) is 15.1. The van der Waals surface area contributed by atoms with E-state index in [0.717, 1.165) is 8.95 Å². The zero-order valence-electron chi connectivity index (χ0n) is 29.1. The molecule has 2 spiro atoms. The third kappa shape index (κ3) is 3.78. The first-order chi connectivity index (χ1) is 26.6. The van der Waals surface area contributed by atoms with E-state index >= 15 is 0 Å². The fourth-order valence-corrected chi connectivity index (χ4v) is 11.4. The molecule has 0 radical (unpaired) electrons. The van der Waals surface area contributed by atoms with E-state index in [1.165, 1.54) is 100 Å². The molecule has 4 aliphatic carbocycles. The maximum Gasteiger partial charge on any atom is 0.0726 e. The predicted molar refractivity (Wildman–Crippen MR) is 230 cm³/mol. The molecule has 8 aromatic carbocycles. The lowest BCUT2D eigenvalue weighted by atomic mass is 9.70. The lowest BCUT2D eigenvalue weighted by molar-refractivity contribution is 0.792. The van der Waals surface area contributed by atoms with E-state index in [2.05, 4.69) is 214 Å². The molecule has 0 heterocycles. The van der Waals surface area contributed by atoms with Crippen molar-refractivity contribution in [2.45, 2.75) is 10.8 Å². The van der Waals surface area contributed by atoms with Gasteiger partial charge in [-0.15, -0.1) is 0 Å². The predicted octanol–water partition coefficient (Wildman–Crippen LogP) is 14.1. The van der Waals surface area contributed by atoms with E-state index in [4.69, 9.17) is 0 Å². The maximum atomic E-state index is 3.85. The van der Waals surface area contributed by atoms with Gasteiger partial charge in [0, 0.05) is 8.95 Å². The summed E-state index contributed by atoms with van der Waals surface area (Å²) in [7, 11) is 0. The van der Waals surface area contributed by atoms with Crippen molar-refractivity contribution in [3.05, 3.63) is 234 Å². The van der Waals surface area contributed by atoms with Crippen molar-refractivity contribution in [3.8, 4) is 44.5 Å². The second-order valence-electron chi connectivity index (χ2n) is 15.0. The van der Waals surface area contributed by atoms with Gasteiger partial charge in [-0.1, -0.05) is 177 Å². The molecule has 0 saturated carbocycles. The van der Waals surface area contributed by atoms with Crippen LogP contribution in [-0.4, -0.2) is 0 Å². The van der Waals surface area contributed by atoms with Gasteiger partial charge in [0.1, 0.15) is 0 Å². The zero-order valence-corrected chi connectivity index (χ0v) is 32.2. The van der Waals surface area contributed by atoms with Crippen LogP contribution < -0.4 is 0 Å². The van der Waals surface area contributed by atoms with Gasteiger partial charge in [-0.3, -0.25) is 0 Å². The molecule has 2 heteroatoms. The molecule has 0 aromatic heterocycles. The largest absolute Gasteiger partial charge is 0.0726 e. The number of rotatable bonds is 2. The molecule has 8 aromatic rings. The van der Waals surface area contributed by atoms with E-state index < -0.39 is 0 Å². The minimum absolute atomic E-state index is 0.380. The first-order valence-corrected chi connectivity index (χ1v) is 20.1. The highest BCUT2D eigenvalue weighted by molar-refractivity contribution is 9.10. The van der Waals surface area contributed by atoms with Crippen LogP contribution in [0, 0.1) is 0 Å². The first-order valence-electron chi connectivity index (χ1n) is 18.6. The summed E-state index contributed by atoms with van der Waals surface area (Å²) in [5.41, 5.74) is 23.0. The SMILES string of the molecule is Brc1ccc2c(c1)C1(c3ccccc3-c3ccccc31)c1cc(/C=C/c3ccc4c(c3)C3(c5ccccc5-c5ccccc53)c3cc(Br)ccc3-4)ccc1-2. The lowest BCUT2D eigenvalue weighted by Gasteiger charge is -2.30. The zero-order chi connectivity index (χ0) is 35.8. The van der Waals surface area contributed by atoms with Gasteiger partial charge < -0.3 is 0 Å². The number of benzene rings is 8. The average molecular weight is 815 g/mol. The third-order valence-electron chi connectivity index (χ3n) is 12.6. The maximum absolute atomic E-state index is 3.85. The molecule has 0 atom stereocenters. The summed E-state index contributed by atoms with van der Waals surface area (Å²) < 4.78 is 2.21. The average Bonchev–Trinajstić information content (AvgIpc) is 3.88. The molecule has 54 heavy (non-hydrogen) atoms. The Balaban J connectivity index is 1.04. The highest BCUT2D eigenvalue weighted by atomic mass is 79.9. The van der Waals surface area contributed by atoms with Crippen LogP contribution in [0.5, 0.6) is 0 Å². The van der Waals surface area contributed by atoms with Crippen molar-refractivity contribution >= 4 is 44.0 Å². The van der Waals surface area contributed by atoms with Crippen LogP contribution in [0.1, 0.15) is 55.6 Å². The molecular weight excluding hydrogens is 784 g/mol. The van der Waals surface area contributed by atoms with Gasteiger partial charge in [-0.05, 0) is 137 Å². The second-order valence-corrected chi connectivity index (χ2v) is 16.8. The van der Waals surface area contributed by atoms with Crippen LogP contribution in [-0.2, 0) is 10.8 Å². The number of hydrogen-bond donors (Lipinski definition) is 0. The number of fused-ring (bicyclic) bond motifs is 20. The topological polar surface area (TPSA) is 0 Å². The van der Waals surface area contributed by atoms with E-state index in [1.54, 1.807) is 0 Å². The summed E-state index contributed by atoms with van der Waals surface area (Å²) in [6.07, 6.45) is 4.62. The van der Waals surface area contributed by atoms with Gasteiger partial charge in [-0.2, -0.15) is 0 Å². The minimum atomic E-state index is -0.380. The van der Waals surface area contributed by atoms with Crippen molar-refractivity contribution in [2.75, 3.05) is 0 Å². The molecule has 0 aliphatic heterocycles. The van der Waals surface area contributed by atoms with Crippen LogP contribution in [0.15, 0.2) is 179 Å². The monoisotopic (exact) mass is 812 g/mol. The van der Waals surface area contributed by atoms with Crippen molar-refractivity contribution < 1.29 is 0 Å². The van der Waals surface area contributed by atoms with Gasteiger partial charge >= 0.3 is 0 Å². The summed E-state index contributed by atoms with van der Waals surface area (Å²) in [5, 5.41) is 0. The van der Waals surface area contributed by atoms with Gasteiger partial charge in [0.25, 0.3) is 0 Å². The Bertz CT molecular complexity index is 2690. The van der Waals surface area contributed by atoms with Gasteiger partial charge in [0.05, 0.1) is 10.8 Å². The van der Waals surface area contributed by atoms with Crippen LogP contribution in [0.25, 0.3) is 56.7 Å². The fourth-order valence-electron chi connectivity index (χ4n) is 10.7. The van der Waals surface area contributed by atoms with E-state index in [0.29, 0.717) is 0 Å². The molecule has 0 saturated heterocycles. The second kappa shape index (κ2) is 11.0. The minimum Gasteiger partial charge on any atom is -0.0619 e. The van der Waals surface area contributed by atoms with Crippen LogP contribution in [0.2, 0.25) is 0 Å². The van der Waals surface area contributed by atoms with Crippen LogP contribution in [0.4, 0.5) is 0 Å². The Morgan fingerprint density at radius 2 is 0.556 bits per heavy atom. The summed E-state index contributed by atoms with van der Waals surface area (Å²) in [6.45, 7) is 0. The molecule has 12 rings (SSSR count). The smallest absolute Gasteiger partial charge is 0.0619 e. The Kier molecular flexibility index (Phi) is 6.29. The Morgan fingerprint density at radius 3 is 0.907 bits per heavy atom. The lowest BCUT2D eigenvalue weighted by Crippen LogP contribution is -2.26. The molecule has 0 N–H and O–H groups in total. The molecule has 0 nitrogen and oxygen atoms in total. The summed E-state index contributed by atoms with van der Waals surface area (Å²) in [5.74, 6) is 0. The standard InChI is InChI=1S/C52H30Br2/c53-33-21-25-41-39-23-19-31(27-47(39)51(49(41)29-33)43-13-5-1-9-35(43)36-10-2-6-14-44(36)51)17-18-32-20-24-40-42-26-22-34(54)30-50(42)52(48(40)28-32)45-15-7-3-11-37(45)38-12-4-8-16-46(38)52/h1-30H/b18-17+. The molecule has 0 amide bonds. The Morgan fingerprint density at radius 1 is 0.278 bits per heavy atom. The Hall–Kier alpha value is -5.54. The van der Waals surface area contributed by atoms with Crippen LogP contribution in [0.3, 0.4) is 0 Å². The molecule has 0 fully saturated rings. The third-order valence-corrected chi connectivity index (χ3v) is 13.6. The fraction of sp³-hybridized carbons (Fsp3) is 0.0385. The van der Waals surface area contributed by atoms with Gasteiger partial charge in [0.15, 0.2) is 0 Å². The van der Waals surface area contributed by atoms with Crippen molar-refractivity contribution in [1.82, 2.24) is 0 Å². The highest BCUT2D eigenvalue weighted by Crippen LogP contribution is 2.64. The molecule has 0 bridgehead atoms. The number of hydrogen-bond acceptors (Lipinski definition) is 0. The Labute approximate surface area is 331 Å². The van der Waals surface area contributed by atoms with E-state index in [1.807, 2.05) is 0 Å². The highest BCUT2D eigenvalue weighted by Gasteiger charge is 2.53. The quantitative estimate of drug-likeness (QED) is 0.153. The molecule has 4 aliphatic rings. The summed E-state index contributed by atoms with van der Waals surface area (Å²) >= 11 is 7.69. The van der Waals surface area contributed by atoms with Gasteiger partial charge in [-0.25, -0.2) is 0 Å². The first kappa shape index (κ1) is 30.9. The van der Waals surface area contributed by atoms with Crippen molar-refractivity contribution in [1.29, 1.82) is 0 Å². The van der Waals surface area contributed by atoms with E-state index in [9.17, 15) is 0 Å². The van der Waals surface area contributed by atoms with E-state index in [-0.39, 0.29) is 10.8 Å². The van der Waals surface area contributed by atoms with Crippen LogP contribution >= 0.6 is 31.9 Å². The van der Waals surface area contributed by atoms with Crippen molar-refractivity contribution in [3.63, 3.8) is 0 Å².